The van der Waals surface area contributed by atoms with Crippen LogP contribution in [0.5, 0.6) is 5.75 Å². The lowest BCUT2D eigenvalue weighted by atomic mass is 10.1. The van der Waals surface area contributed by atoms with Gasteiger partial charge in [0.05, 0.1) is 12.8 Å². The molecule has 2 rings (SSSR count). The molecule has 1 aromatic carbocycles. The lowest BCUT2D eigenvalue weighted by molar-refractivity contribution is -0.111. The smallest absolute Gasteiger partial charge is 0.253 e. The van der Waals surface area contributed by atoms with Crippen molar-refractivity contribution >= 4 is 17.5 Å². The van der Waals surface area contributed by atoms with E-state index >= 15 is 0 Å². The van der Waals surface area contributed by atoms with Crippen LogP contribution in [0, 0.1) is 0 Å². The number of ether oxygens (including phenoxy) is 1. The molecule has 1 aliphatic heterocycles. The summed E-state index contributed by atoms with van der Waals surface area (Å²) >= 11 is 0. The standard InChI is InChI=1S/C15H18N2O3/c1-3-14(18)16-12-7-6-11(10-13(12)20-2)15(19)17-8-4-5-9-17/h3,6-7,10H,1,4-5,8-9H2,2H3,(H,16,18). The number of carbonyl (C=O) groups excluding carboxylic acids is 2. The molecule has 0 aliphatic carbocycles. The van der Waals surface area contributed by atoms with Crippen LogP contribution < -0.4 is 10.1 Å². The Morgan fingerprint density at radius 1 is 1.35 bits per heavy atom. The van der Waals surface area contributed by atoms with Crippen molar-refractivity contribution in [1.82, 2.24) is 4.90 Å². The highest BCUT2D eigenvalue weighted by Crippen LogP contribution is 2.26. The minimum Gasteiger partial charge on any atom is -0.495 e. The van der Waals surface area contributed by atoms with Crippen molar-refractivity contribution in [3.05, 3.63) is 36.4 Å². The van der Waals surface area contributed by atoms with Crippen LogP contribution in [-0.2, 0) is 4.79 Å². The van der Waals surface area contributed by atoms with Crippen LogP contribution in [0.2, 0.25) is 0 Å². The fourth-order valence-corrected chi connectivity index (χ4v) is 2.21. The quantitative estimate of drug-likeness (QED) is 0.855. The Hall–Kier alpha value is -2.30. The van der Waals surface area contributed by atoms with E-state index in [1.165, 1.54) is 13.2 Å². The van der Waals surface area contributed by atoms with Crippen LogP contribution in [-0.4, -0.2) is 36.9 Å². The highest BCUT2D eigenvalue weighted by atomic mass is 16.5. The van der Waals surface area contributed by atoms with Crippen LogP contribution >= 0.6 is 0 Å². The van der Waals surface area contributed by atoms with Gasteiger partial charge in [0.25, 0.3) is 5.91 Å². The molecule has 2 amide bonds. The number of rotatable bonds is 4. The number of nitrogens with zero attached hydrogens (tertiary/aromatic N) is 1. The number of anilines is 1. The number of amides is 2. The highest BCUT2D eigenvalue weighted by Gasteiger charge is 2.20. The first kappa shape index (κ1) is 14.1. The second-order valence-corrected chi connectivity index (χ2v) is 4.61. The second-order valence-electron chi connectivity index (χ2n) is 4.61. The van der Waals surface area contributed by atoms with Crippen molar-refractivity contribution in [2.45, 2.75) is 12.8 Å². The van der Waals surface area contributed by atoms with Crippen LogP contribution in [0.15, 0.2) is 30.9 Å². The summed E-state index contributed by atoms with van der Waals surface area (Å²) in [5, 5.41) is 2.64. The van der Waals surface area contributed by atoms with Gasteiger partial charge in [-0.2, -0.15) is 0 Å². The van der Waals surface area contributed by atoms with E-state index in [9.17, 15) is 9.59 Å². The Labute approximate surface area is 118 Å². The molecule has 1 heterocycles. The zero-order valence-electron chi connectivity index (χ0n) is 11.5. The molecule has 1 N–H and O–H groups in total. The van der Waals surface area contributed by atoms with E-state index in [2.05, 4.69) is 11.9 Å². The Morgan fingerprint density at radius 2 is 2.05 bits per heavy atom. The number of likely N-dealkylation sites (tertiary alicyclic amines) is 1. The van der Waals surface area contributed by atoms with Gasteiger partial charge < -0.3 is 15.0 Å². The van der Waals surface area contributed by atoms with Gasteiger partial charge in [-0.05, 0) is 37.1 Å². The van der Waals surface area contributed by atoms with Crippen molar-refractivity contribution in [3.63, 3.8) is 0 Å². The first-order valence-corrected chi connectivity index (χ1v) is 6.56. The molecule has 1 fully saturated rings. The SMILES string of the molecule is C=CC(=O)Nc1ccc(C(=O)N2CCCC2)cc1OC. The summed E-state index contributed by atoms with van der Waals surface area (Å²) in [7, 11) is 1.50. The van der Waals surface area contributed by atoms with E-state index in [0.717, 1.165) is 25.9 Å². The molecule has 0 atom stereocenters. The number of benzene rings is 1. The molecule has 0 unspecified atom stereocenters. The number of hydrogen-bond donors (Lipinski definition) is 1. The van der Waals surface area contributed by atoms with Gasteiger partial charge in [0, 0.05) is 18.7 Å². The highest BCUT2D eigenvalue weighted by molar-refractivity contribution is 6.01. The summed E-state index contributed by atoms with van der Waals surface area (Å²) in [4.78, 5) is 25.4. The molecule has 5 nitrogen and oxygen atoms in total. The summed E-state index contributed by atoms with van der Waals surface area (Å²) < 4.78 is 5.22. The van der Waals surface area contributed by atoms with Crippen molar-refractivity contribution < 1.29 is 14.3 Å². The molecule has 106 valence electrons. The number of methoxy groups -OCH3 is 1. The number of hydrogen-bond acceptors (Lipinski definition) is 3. The Kier molecular flexibility index (Phi) is 4.40. The van der Waals surface area contributed by atoms with E-state index in [-0.39, 0.29) is 11.8 Å². The van der Waals surface area contributed by atoms with E-state index < -0.39 is 0 Å². The van der Waals surface area contributed by atoms with Crippen LogP contribution in [0.4, 0.5) is 5.69 Å². The third-order valence-electron chi connectivity index (χ3n) is 3.29. The van der Waals surface area contributed by atoms with Crippen LogP contribution in [0.25, 0.3) is 0 Å². The molecular formula is C15H18N2O3. The Morgan fingerprint density at radius 3 is 2.65 bits per heavy atom. The third-order valence-corrected chi connectivity index (χ3v) is 3.29. The van der Waals surface area contributed by atoms with Gasteiger partial charge in [0.2, 0.25) is 5.91 Å². The average molecular weight is 274 g/mol. The summed E-state index contributed by atoms with van der Waals surface area (Å²) in [5.74, 6) is 0.148. The molecule has 1 aliphatic rings. The number of carbonyl (C=O) groups is 2. The van der Waals surface area contributed by atoms with Gasteiger partial charge in [-0.3, -0.25) is 9.59 Å². The minimum absolute atomic E-state index is 0.00222. The maximum absolute atomic E-state index is 12.3. The first-order chi connectivity index (χ1) is 9.65. The third kappa shape index (κ3) is 2.99. The van der Waals surface area contributed by atoms with Gasteiger partial charge in [0.1, 0.15) is 5.75 Å². The molecule has 0 bridgehead atoms. The molecule has 1 saturated heterocycles. The fraction of sp³-hybridized carbons (Fsp3) is 0.333. The number of nitrogens with one attached hydrogen (secondary N) is 1. The van der Waals surface area contributed by atoms with Crippen molar-refractivity contribution in [2.24, 2.45) is 0 Å². The zero-order chi connectivity index (χ0) is 14.5. The summed E-state index contributed by atoms with van der Waals surface area (Å²) in [6.45, 7) is 5.00. The van der Waals surface area contributed by atoms with E-state index in [4.69, 9.17) is 4.74 Å². The molecule has 0 aromatic heterocycles. The zero-order valence-corrected chi connectivity index (χ0v) is 11.5. The summed E-state index contributed by atoms with van der Waals surface area (Å²) in [5.41, 5.74) is 1.09. The maximum Gasteiger partial charge on any atom is 0.253 e. The van der Waals surface area contributed by atoms with Gasteiger partial charge >= 0.3 is 0 Å². The summed E-state index contributed by atoms with van der Waals surface area (Å²) in [6, 6.07) is 5.02. The Bertz CT molecular complexity index is 534. The van der Waals surface area contributed by atoms with E-state index in [1.807, 2.05) is 4.90 Å². The van der Waals surface area contributed by atoms with Crippen LogP contribution in [0.3, 0.4) is 0 Å². The molecule has 1 aromatic rings. The molecule has 0 saturated carbocycles. The first-order valence-electron chi connectivity index (χ1n) is 6.56. The van der Waals surface area contributed by atoms with Crippen LogP contribution in [0.1, 0.15) is 23.2 Å². The lowest BCUT2D eigenvalue weighted by Gasteiger charge is -2.16. The monoisotopic (exact) mass is 274 g/mol. The van der Waals surface area contributed by atoms with Crippen molar-refractivity contribution in [1.29, 1.82) is 0 Å². The molecule has 20 heavy (non-hydrogen) atoms. The average Bonchev–Trinajstić information content (AvgIpc) is 3.00. The molecule has 0 radical (unpaired) electrons. The fourth-order valence-electron chi connectivity index (χ4n) is 2.21. The Balaban J connectivity index is 2.21. The largest absolute Gasteiger partial charge is 0.495 e. The van der Waals surface area contributed by atoms with Crippen molar-refractivity contribution in [2.75, 3.05) is 25.5 Å². The predicted octanol–water partition coefficient (Wildman–Crippen LogP) is 2.06. The van der Waals surface area contributed by atoms with Gasteiger partial charge in [-0.25, -0.2) is 0 Å². The lowest BCUT2D eigenvalue weighted by Crippen LogP contribution is -2.27. The summed E-state index contributed by atoms with van der Waals surface area (Å²) in [6.07, 6.45) is 3.29. The van der Waals surface area contributed by atoms with Gasteiger partial charge in [-0.15, -0.1) is 0 Å². The van der Waals surface area contributed by atoms with E-state index in [0.29, 0.717) is 17.0 Å². The van der Waals surface area contributed by atoms with Gasteiger partial charge in [-0.1, -0.05) is 6.58 Å². The van der Waals surface area contributed by atoms with Crippen molar-refractivity contribution in [3.8, 4) is 5.75 Å². The predicted molar refractivity (Wildman–Crippen MR) is 77.0 cm³/mol. The molecular weight excluding hydrogens is 256 g/mol. The van der Waals surface area contributed by atoms with Gasteiger partial charge in [0.15, 0.2) is 0 Å². The maximum atomic E-state index is 12.3. The molecule has 0 spiro atoms. The topological polar surface area (TPSA) is 58.6 Å². The normalized spacial score (nSPS) is 13.9. The molecule has 5 heteroatoms. The second kappa shape index (κ2) is 6.23. The minimum atomic E-state index is -0.318. The van der Waals surface area contributed by atoms with E-state index in [1.54, 1.807) is 18.2 Å².